The smallest absolute Gasteiger partial charge is 0.152 e. The van der Waals surface area contributed by atoms with E-state index in [4.69, 9.17) is 5.73 Å². The van der Waals surface area contributed by atoms with Crippen LogP contribution in [0.1, 0.15) is 31.5 Å². The molecule has 0 radical (unpaired) electrons. The van der Waals surface area contributed by atoms with Gasteiger partial charge in [-0.15, -0.1) is 10.2 Å². The highest BCUT2D eigenvalue weighted by molar-refractivity contribution is 5.00. The Hall–Kier alpha value is -0.940. The fourth-order valence-corrected chi connectivity index (χ4v) is 1.25. The first kappa shape index (κ1) is 10.1. The molecule has 5 nitrogen and oxygen atoms in total. The number of hydrogen-bond donors (Lipinski definition) is 2. The van der Waals surface area contributed by atoms with Crippen LogP contribution < -0.4 is 5.73 Å². The van der Waals surface area contributed by atoms with Crippen molar-refractivity contribution in [2.75, 3.05) is 0 Å². The van der Waals surface area contributed by atoms with Crippen LogP contribution in [0.4, 0.5) is 0 Å². The Bertz CT molecular complexity index is 282. The number of hydrogen-bond acceptors (Lipinski definition) is 4. The molecular weight excluding hydrogens is 168 g/mol. The summed E-state index contributed by atoms with van der Waals surface area (Å²) in [5, 5.41) is 17.1. The summed E-state index contributed by atoms with van der Waals surface area (Å²) in [5.74, 6) is 1.48. The third-order valence-electron chi connectivity index (χ3n) is 2.10. The van der Waals surface area contributed by atoms with E-state index in [0.29, 0.717) is 5.82 Å². The molecule has 0 aromatic carbocycles. The van der Waals surface area contributed by atoms with Gasteiger partial charge in [-0.3, -0.25) is 0 Å². The summed E-state index contributed by atoms with van der Waals surface area (Å²) in [7, 11) is 0. The summed E-state index contributed by atoms with van der Waals surface area (Å²) in [6.45, 7) is 6.28. The maximum Gasteiger partial charge on any atom is 0.152 e. The molecule has 0 aliphatic heterocycles. The fraction of sp³-hybridized carbons (Fsp3) is 0.750. The second kappa shape index (κ2) is 3.85. The summed E-state index contributed by atoms with van der Waals surface area (Å²) in [5.41, 5.74) is 5.75. The quantitative estimate of drug-likeness (QED) is 0.692. The molecule has 0 fully saturated rings. The van der Waals surface area contributed by atoms with E-state index in [1.54, 1.807) is 6.92 Å². The first-order chi connectivity index (χ1) is 6.07. The van der Waals surface area contributed by atoms with Crippen LogP contribution in [0.3, 0.4) is 0 Å². The minimum atomic E-state index is -0.603. The second-order valence-corrected chi connectivity index (χ2v) is 3.12. The monoisotopic (exact) mass is 184 g/mol. The standard InChI is InChI=1S/C8H16N4O/c1-4-12-6(3)10-11-8(12)7(9)5(2)13/h5,7,13H,4,9H2,1-3H3/t5-,7+/m1/s1. The van der Waals surface area contributed by atoms with E-state index in [-0.39, 0.29) is 0 Å². The van der Waals surface area contributed by atoms with E-state index < -0.39 is 12.1 Å². The first-order valence-corrected chi connectivity index (χ1v) is 4.41. The average Bonchev–Trinajstić information content (AvgIpc) is 2.45. The number of rotatable bonds is 3. The Balaban J connectivity index is 3.00. The molecule has 1 aromatic rings. The van der Waals surface area contributed by atoms with E-state index in [2.05, 4.69) is 10.2 Å². The normalized spacial score (nSPS) is 15.8. The maximum atomic E-state index is 9.30. The molecule has 0 amide bonds. The molecule has 1 rings (SSSR count). The number of aliphatic hydroxyl groups excluding tert-OH is 1. The van der Waals surface area contributed by atoms with Gasteiger partial charge in [0.1, 0.15) is 5.82 Å². The van der Waals surface area contributed by atoms with Crippen molar-refractivity contribution in [3.05, 3.63) is 11.6 Å². The Morgan fingerprint density at radius 2 is 2.15 bits per heavy atom. The van der Waals surface area contributed by atoms with Crippen molar-refractivity contribution in [2.45, 2.75) is 39.5 Å². The van der Waals surface area contributed by atoms with Gasteiger partial charge in [-0.25, -0.2) is 0 Å². The van der Waals surface area contributed by atoms with Crippen LogP contribution in [-0.2, 0) is 6.54 Å². The van der Waals surface area contributed by atoms with Gasteiger partial charge >= 0.3 is 0 Å². The molecule has 13 heavy (non-hydrogen) atoms. The predicted octanol–water partition coefficient (Wildman–Crippen LogP) is -0.0130. The van der Waals surface area contributed by atoms with Gasteiger partial charge < -0.3 is 15.4 Å². The number of nitrogens with two attached hydrogens (primary N) is 1. The van der Waals surface area contributed by atoms with Gasteiger partial charge in [-0.05, 0) is 20.8 Å². The Kier molecular flexibility index (Phi) is 3.00. The van der Waals surface area contributed by atoms with Crippen molar-refractivity contribution in [2.24, 2.45) is 5.73 Å². The minimum absolute atomic E-state index is 0.457. The molecule has 0 bridgehead atoms. The molecule has 0 spiro atoms. The van der Waals surface area contributed by atoms with E-state index in [0.717, 1.165) is 12.4 Å². The number of aromatic nitrogens is 3. The average molecular weight is 184 g/mol. The van der Waals surface area contributed by atoms with Crippen molar-refractivity contribution in [1.82, 2.24) is 14.8 Å². The molecule has 0 saturated carbocycles. The molecule has 1 aromatic heterocycles. The van der Waals surface area contributed by atoms with Gasteiger partial charge in [0.05, 0.1) is 12.1 Å². The third-order valence-corrected chi connectivity index (χ3v) is 2.10. The van der Waals surface area contributed by atoms with Crippen molar-refractivity contribution in [3.63, 3.8) is 0 Å². The topological polar surface area (TPSA) is 77.0 Å². The van der Waals surface area contributed by atoms with E-state index >= 15 is 0 Å². The van der Waals surface area contributed by atoms with Crippen molar-refractivity contribution >= 4 is 0 Å². The zero-order valence-electron chi connectivity index (χ0n) is 8.23. The Morgan fingerprint density at radius 1 is 1.54 bits per heavy atom. The summed E-state index contributed by atoms with van der Waals surface area (Å²) < 4.78 is 1.90. The summed E-state index contributed by atoms with van der Waals surface area (Å²) in [6.07, 6.45) is -0.603. The Labute approximate surface area is 77.6 Å². The van der Waals surface area contributed by atoms with Crippen LogP contribution >= 0.6 is 0 Å². The van der Waals surface area contributed by atoms with E-state index in [1.807, 2.05) is 18.4 Å². The zero-order valence-corrected chi connectivity index (χ0v) is 8.23. The lowest BCUT2D eigenvalue weighted by molar-refractivity contribution is 0.158. The maximum absolute atomic E-state index is 9.30. The van der Waals surface area contributed by atoms with Crippen LogP contribution in [0, 0.1) is 6.92 Å². The highest BCUT2D eigenvalue weighted by atomic mass is 16.3. The lowest BCUT2D eigenvalue weighted by Gasteiger charge is -2.14. The van der Waals surface area contributed by atoms with E-state index in [9.17, 15) is 5.11 Å². The first-order valence-electron chi connectivity index (χ1n) is 4.41. The molecule has 0 aliphatic carbocycles. The summed E-state index contributed by atoms with van der Waals surface area (Å²) >= 11 is 0. The van der Waals surface area contributed by atoms with E-state index in [1.165, 1.54) is 0 Å². The van der Waals surface area contributed by atoms with Gasteiger partial charge in [0.15, 0.2) is 5.82 Å². The molecule has 1 heterocycles. The SMILES string of the molecule is CCn1c(C)nnc1[C@@H](N)[C@@H](C)O. The van der Waals surface area contributed by atoms with Gasteiger partial charge in [0, 0.05) is 6.54 Å². The summed E-state index contributed by atoms with van der Waals surface area (Å²) in [4.78, 5) is 0. The molecule has 3 N–H and O–H groups in total. The molecule has 0 saturated heterocycles. The highest BCUT2D eigenvalue weighted by Gasteiger charge is 2.19. The molecule has 2 atom stereocenters. The minimum Gasteiger partial charge on any atom is -0.391 e. The molecular formula is C8H16N4O. The van der Waals surface area contributed by atoms with Crippen LogP contribution in [0.15, 0.2) is 0 Å². The largest absolute Gasteiger partial charge is 0.391 e. The number of nitrogens with zero attached hydrogens (tertiary/aromatic N) is 3. The highest BCUT2D eigenvalue weighted by Crippen LogP contribution is 2.12. The second-order valence-electron chi connectivity index (χ2n) is 3.12. The van der Waals surface area contributed by atoms with Crippen LogP contribution in [-0.4, -0.2) is 26.0 Å². The lowest BCUT2D eigenvalue weighted by atomic mass is 10.2. The third kappa shape index (κ3) is 1.87. The number of aryl methyl sites for hydroxylation is 1. The Morgan fingerprint density at radius 3 is 2.62 bits per heavy atom. The molecule has 0 aliphatic rings. The van der Waals surface area contributed by atoms with Gasteiger partial charge in [0.2, 0.25) is 0 Å². The molecule has 0 unspecified atom stereocenters. The van der Waals surface area contributed by atoms with Crippen molar-refractivity contribution in [3.8, 4) is 0 Å². The van der Waals surface area contributed by atoms with Crippen LogP contribution in [0.2, 0.25) is 0 Å². The van der Waals surface area contributed by atoms with Gasteiger partial charge in [0.25, 0.3) is 0 Å². The molecule has 74 valence electrons. The zero-order chi connectivity index (χ0) is 10.0. The summed E-state index contributed by atoms with van der Waals surface area (Å²) in [6, 6.07) is -0.457. The predicted molar refractivity (Wildman–Crippen MR) is 49.0 cm³/mol. The lowest BCUT2D eigenvalue weighted by Crippen LogP contribution is -2.26. The van der Waals surface area contributed by atoms with Crippen molar-refractivity contribution < 1.29 is 5.11 Å². The van der Waals surface area contributed by atoms with Gasteiger partial charge in [-0.2, -0.15) is 0 Å². The van der Waals surface area contributed by atoms with Crippen LogP contribution in [0.5, 0.6) is 0 Å². The fourth-order valence-electron chi connectivity index (χ4n) is 1.25. The van der Waals surface area contributed by atoms with Gasteiger partial charge in [-0.1, -0.05) is 0 Å². The van der Waals surface area contributed by atoms with Crippen molar-refractivity contribution in [1.29, 1.82) is 0 Å². The number of aliphatic hydroxyl groups is 1. The van der Waals surface area contributed by atoms with Crippen LogP contribution in [0.25, 0.3) is 0 Å². The molecule has 5 heteroatoms.